The van der Waals surface area contributed by atoms with Crippen molar-refractivity contribution in [1.29, 1.82) is 0 Å². The predicted octanol–water partition coefficient (Wildman–Crippen LogP) is 2.10. The minimum Gasteiger partial charge on any atom is -0.486 e. The highest BCUT2D eigenvalue weighted by Gasteiger charge is 2.19. The molecule has 0 aliphatic carbocycles. The molecule has 0 spiro atoms. The second kappa shape index (κ2) is 5.05. The van der Waals surface area contributed by atoms with Crippen LogP contribution in [0.3, 0.4) is 0 Å². The Labute approximate surface area is 120 Å². The van der Waals surface area contributed by atoms with E-state index in [-0.39, 0.29) is 5.91 Å². The van der Waals surface area contributed by atoms with Gasteiger partial charge in [-0.3, -0.25) is 9.48 Å². The molecule has 0 atom stereocenters. The Bertz CT molecular complexity index is 669. The fourth-order valence-electron chi connectivity index (χ4n) is 1.91. The summed E-state index contributed by atoms with van der Waals surface area (Å²) >= 11 is 6.09. The van der Waals surface area contributed by atoms with Crippen LogP contribution < -0.4 is 14.8 Å². The molecule has 0 saturated heterocycles. The summed E-state index contributed by atoms with van der Waals surface area (Å²) < 4.78 is 12.5. The summed E-state index contributed by atoms with van der Waals surface area (Å²) in [4.78, 5) is 12.1. The van der Waals surface area contributed by atoms with Crippen LogP contribution in [0.25, 0.3) is 0 Å². The van der Waals surface area contributed by atoms with Crippen LogP contribution in [0.5, 0.6) is 11.5 Å². The number of hydrogen-bond donors (Lipinski definition) is 1. The Hall–Kier alpha value is -2.21. The quantitative estimate of drug-likeness (QED) is 0.921. The van der Waals surface area contributed by atoms with Crippen molar-refractivity contribution in [1.82, 2.24) is 9.78 Å². The van der Waals surface area contributed by atoms with E-state index in [0.29, 0.717) is 41.1 Å². The summed E-state index contributed by atoms with van der Waals surface area (Å²) in [6.45, 7) is 0.890. The van der Waals surface area contributed by atoms with Crippen molar-refractivity contribution in [3.63, 3.8) is 0 Å². The van der Waals surface area contributed by atoms with E-state index in [1.54, 1.807) is 36.1 Å². The Morgan fingerprint density at radius 3 is 2.95 bits per heavy atom. The Kier molecular flexibility index (Phi) is 3.23. The highest BCUT2D eigenvalue weighted by atomic mass is 35.5. The van der Waals surface area contributed by atoms with E-state index in [1.807, 2.05) is 0 Å². The van der Waals surface area contributed by atoms with Crippen LogP contribution in [0.15, 0.2) is 24.4 Å². The SMILES string of the molecule is Cn1ccc(NC(=O)c2cc(Cl)c3c(c2)OCCO3)n1. The number of amides is 1. The van der Waals surface area contributed by atoms with Crippen molar-refractivity contribution in [2.24, 2.45) is 7.05 Å². The van der Waals surface area contributed by atoms with Crippen LogP contribution in [-0.2, 0) is 7.05 Å². The predicted molar refractivity (Wildman–Crippen MR) is 73.6 cm³/mol. The number of nitrogens with one attached hydrogen (secondary N) is 1. The maximum absolute atomic E-state index is 12.1. The largest absolute Gasteiger partial charge is 0.486 e. The zero-order chi connectivity index (χ0) is 14.1. The molecule has 0 bridgehead atoms. The third-order valence-electron chi connectivity index (χ3n) is 2.81. The van der Waals surface area contributed by atoms with Crippen LogP contribution in [0, 0.1) is 0 Å². The molecule has 1 aromatic heterocycles. The first-order valence-electron chi connectivity index (χ1n) is 6.03. The van der Waals surface area contributed by atoms with Crippen molar-refractivity contribution >= 4 is 23.3 Å². The zero-order valence-corrected chi connectivity index (χ0v) is 11.5. The molecule has 1 aliphatic heterocycles. The monoisotopic (exact) mass is 293 g/mol. The van der Waals surface area contributed by atoms with E-state index in [4.69, 9.17) is 21.1 Å². The lowest BCUT2D eigenvalue weighted by Gasteiger charge is -2.20. The number of carbonyl (C=O) groups excluding carboxylic acids is 1. The van der Waals surface area contributed by atoms with Crippen molar-refractivity contribution in [2.45, 2.75) is 0 Å². The first-order chi connectivity index (χ1) is 9.63. The van der Waals surface area contributed by atoms with Gasteiger partial charge in [0, 0.05) is 24.9 Å². The first kappa shape index (κ1) is 12.8. The van der Waals surface area contributed by atoms with Crippen molar-refractivity contribution in [3.05, 3.63) is 35.0 Å². The van der Waals surface area contributed by atoms with Crippen LogP contribution in [-0.4, -0.2) is 28.9 Å². The summed E-state index contributed by atoms with van der Waals surface area (Å²) in [7, 11) is 1.77. The summed E-state index contributed by atoms with van der Waals surface area (Å²) in [5, 5.41) is 7.12. The fourth-order valence-corrected chi connectivity index (χ4v) is 2.18. The highest BCUT2D eigenvalue weighted by molar-refractivity contribution is 6.32. The van der Waals surface area contributed by atoms with Crippen molar-refractivity contribution < 1.29 is 14.3 Å². The Morgan fingerprint density at radius 2 is 2.20 bits per heavy atom. The molecule has 0 radical (unpaired) electrons. The van der Waals surface area contributed by atoms with Gasteiger partial charge in [-0.2, -0.15) is 5.10 Å². The van der Waals surface area contributed by atoms with E-state index < -0.39 is 0 Å². The molecule has 0 unspecified atom stereocenters. The van der Waals surface area contributed by atoms with Gasteiger partial charge in [-0.15, -0.1) is 0 Å². The van der Waals surface area contributed by atoms with E-state index >= 15 is 0 Å². The van der Waals surface area contributed by atoms with Gasteiger partial charge in [-0.05, 0) is 12.1 Å². The van der Waals surface area contributed by atoms with Crippen LogP contribution >= 0.6 is 11.6 Å². The van der Waals surface area contributed by atoms with E-state index in [2.05, 4.69) is 10.4 Å². The third-order valence-corrected chi connectivity index (χ3v) is 3.09. The van der Waals surface area contributed by atoms with E-state index in [9.17, 15) is 4.79 Å². The van der Waals surface area contributed by atoms with Gasteiger partial charge in [-0.25, -0.2) is 0 Å². The number of carbonyl (C=O) groups is 1. The molecule has 0 fully saturated rings. The van der Waals surface area contributed by atoms with Gasteiger partial charge in [0.05, 0.1) is 5.02 Å². The molecule has 20 heavy (non-hydrogen) atoms. The van der Waals surface area contributed by atoms with E-state index in [1.165, 1.54) is 0 Å². The standard InChI is InChI=1S/C13H12ClN3O3/c1-17-3-2-11(16-17)15-13(18)8-6-9(14)12-10(7-8)19-4-5-20-12/h2-3,6-7H,4-5H2,1H3,(H,15,16,18). The lowest BCUT2D eigenvalue weighted by atomic mass is 10.2. The number of hydrogen-bond acceptors (Lipinski definition) is 4. The molecule has 2 heterocycles. The summed E-state index contributed by atoms with van der Waals surface area (Å²) in [6, 6.07) is 4.86. The lowest BCUT2D eigenvalue weighted by Crippen LogP contribution is -2.18. The normalized spacial score (nSPS) is 13.1. The van der Waals surface area contributed by atoms with Gasteiger partial charge in [0.2, 0.25) is 0 Å². The van der Waals surface area contributed by atoms with Crippen LogP contribution in [0.2, 0.25) is 5.02 Å². The summed E-state index contributed by atoms with van der Waals surface area (Å²) in [6.07, 6.45) is 1.74. The van der Waals surface area contributed by atoms with Gasteiger partial charge in [-0.1, -0.05) is 11.6 Å². The van der Waals surface area contributed by atoms with Gasteiger partial charge in [0.15, 0.2) is 17.3 Å². The summed E-state index contributed by atoms with van der Waals surface area (Å²) in [5.74, 6) is 1.13. The fraction of sp³-hybridized carbons (Fsp3) is 0.231. The number of benzene rings is 1. The number of fused-ring (bicyclic) bond motifs is 1. The maximum Gasteiger partial charge on any atom is 0.257 e. The molecule has 1 amide bonds. The Morgan fingerprint density at radius 1 is 1.40 bits per heavy atom. The average molecular weight is 294 g/mol. The van der Waals surface area contributed by atoms with Crippen LogP contribution in [0.4, 0.5) is 5.82 Å². The molecule has 104 valence electrons. The molecule has 6 nitrogen and oxygen atoms in total. The molecular weight excluding hydrogens is 282 g/mol. The number of aryl methyl sites for hydroxylation is 1. The topological polar surface area (TPSA) is 65.4 Å². The minimum absolute atomic E-state index is 0.303. The molecule has 1 aromatic carbocycles. The second-order valence-electron chi connectivity index (χ2n) is 4.31. The van der Waals surface area contributed by atoms with Gasteiger partial charge in [0.1, 0.15) is 13.2 Å². The maximum atomic E-state index is 12.1. The van der Waals surface area contributed by atoms with Gasteiger partial charge < -0.3 is 14.8 Å². The molecule has 2 aromatic rings. The molecule has 7 heteroatoms. The number of halogens is 1. The van der Waals surface area contributed by atoms with Crippen LogP contribution in [0.1, 0.15) is 10.4 Å². The number of anilines is 1. The Balaban J connectivity index is 1.86. The van der Waals surface area contributed by atoms with Crippen molar-refractivity contribution in [2.75, 3.05) is 18.5 Å². The van der Waals surface area contributed by atoms with Gasteiger partial charge in [0.25, 0.3) is 5.91 Å². The molecular formula is C13H12ClN3O3. The lowest BCUT2D eigenvalue weighted by molar-refractivity contribution is 0.102. The molecule has 1 aliphatic rings. The summed E-state index contributed by atoms with van der Waals surface area (Å²) in [5.41, 5.74) is 0.393. The second-order valence-corrected chi connectivity index (χ2v) is 4.72. The molecule has 0 saturated carbocycles. The zero-order valence-electron chi connectivity index (χ0n) is 10.7. The van der Waals surface area contributed by atoms with Crippen molar-refractivity contribution in [3.8, 4) is 11.5 Å². The third kappa shape index (κ3) is 2.42. The number of rotatable bonds is 2. The number of nitrogens with zero attached hydrogens (tertiary/aromatic N) is 2. The van der Waals surface area contributed by atoms with Gasteiger partial charge >= 0.3 is 0 Å². The highest BCUT2D eigenvalue weighted by Crippen LogP contribution is 2.38. The minimum atomic E-state index is -0.303. The number of aromatic nitrogens is 2. The number of ether oxygens (including phenoxy) is 2. The smallest absolute Gasteiger partial charge is 0.257 e. The molecule has 1 N–H and O–H groups in total. The molecule has 3 rings (SSSR count). The average Bonchev–Trinajstić information content (AvgIpc) is 2.84. The first-order valence-corrected chi connectivity index (χ1v) is 6.41. The van der Waals surface area contributed by atoms with E-state index in [0.717, 1.165) is 0 Å².